The van der Waals surface area contributed by atoms with Gasteiger partial charge in [-0.2, -0.15) is 0 Å². The van der Waals surface area contributed by atoms with Crippen LogP contribution in [0.4, 0.5) is 5.69 Å². The third-order valence-electron chi connectivity index (χ3n) is 4.37. The molecular weight excluding hydrogens is 280 g/mol. The maximum Gasteiger partial charge on any atom is 0.250 e. The summed E-state index contributed by atoms with van der Waals surface area (Å²) in [5, 5.41) is 0. The number of hydrogen-bond acceptors (Lipinski definition) is 4. The molecule has 6 nitrogen and oxygen atoms in total. The van der Waals surface area contributed by atoms with Crippen molar-refractivity contribution in [1.82, 2.24) is 0 Å². The predicted octanol–water partition coefficient (Wildman–Crippen LogP) is 0.758. The van der Waals surface area contributed by atoms with Gasteiger partial charge in [0, 0.05) is 18.7 Å². The lowest BCUT2D eigenvalue weighted by molar-refractivity contribution is 0.0988. The summed E-state index contributed by atoms with van der Waals surface area (Å²) in [4.78, 5) is 25.5. The highest BCUT2D eigenvalue weighted by Gasteiger charge is 2.25. The largest absolute Gasteiger partial charge is 0.370 e. The Kier molecular flexibility index (Phi) is 5.03. The van der Waals surface area contributed by atoms with E-state index >= 15 is 0 Å². The molecule has 6 N–H and O–H groups in total. The average molecular weight is 304 g/mol. The fourth-order valence-electron chi connectivity index (χ4n) is 3.31. The second-order valence-electron chi connectivity index (χ2n) is 5.89. The molecule has 1 aromatic carbocycles. The highest BCUT2D eigenvalue weighted by molar-refractivity contribution is 6.03. The number of hydrogen-bond donors (Lipinski definition) is 3. The van der Waals surface area contributed by atoms with Crippen LogP contribution in [0.25, 0.3) is 0 Å². The zero-order chi connectivity index (χ0) is 16.3. The number of anilines is 1. The van der Waals surface area contributed by atoms with Crippen LogP contribution in [0.2, 0.25) is 0 Å². The molecular formula is C16H24N4O2. The van der Waals surface area contributed by atoms with Gasteiger partial charge in [0.2, 0.25) is 5.91 Å². The number of amides is 2. The Morgan fingerprint density at radius 1 is 1.23 bits per heavy atom. The zero-order valence-corrected chi connectivity index (χ0v) is 13.0. The second kappa shape index (κ2) is 6.79. The van der Waals surface area contributed by atoms with E-state index in [0.29, 0.717) is 23.6 Å². The number of nitrogens with two attached hydrogens (primary N) is 3. The van der Waals surface area contributed by atoms with E-state index in [1.54, 1.807) is 12.1 Å². The van der Waals surface area contributed by atoms with Gasteiger partial charge >= 0.3 is 0 Å². The molecule has 1 heterocycles. The Hall–Kier alpha value is -2.08. The van der Waals surface area contributed by atoms with Crippen LogP contribution in [-0.2, 0) is 0 Å². The Bertz CT molecular complexity index is 584. The summed E-state index contributed by atoms with van der Waals surface area (Å²) in [5.41, 5.74) is 18.9. The quantitative estimate of drug-likeness (QED) is 0.744. The van der Waals surface area contributed by atoms with Crippen LogP contribution in [0.5, 0.6) is 0 Å². The smallest absolute Gasteiger partial charge is 0.250 e. The van der Waals surface area contributed by atoms with Gasteiger partial charge in [0.05, 0.1) is 11.3 Å². The molecule has 0 saturated carbocycles. The fraction of sp³-hybridized carbons (Fsp3) is 0.500. The zero-order valence-electron chi connectivity index (χ0n) is 13.0. The Morgan fingerprint density at radius 3 is 2.45 bits per heavy atom. The second-order valence-corrected chi connectivity index (χ2v) is 5.89. The van der Waals surface area contributed by atoms with Crippen LogP contribution >= 0.6 is 0 Å². The topological polar surface area (TPSA) is 115 Å². The minimum Gasteiger partial charge on any atom is -0.370 e. The number of carbonyl (C=O) groups excluding carboxylic acids is 2. The molecule has 1 aromatic rings. The number of benzene rings is 1. The molecule has 1 aliphatic rings. The van der Waals surface area contributed by atoms with Crippen LogP contribution in [0.1, 0.15) is 45.5 Å². The van der Waals surface area contributed by atoms with Crippen LogP contribution in [0.15, 0.2) is 12.1 Å². The molecule has 1 atom stereocenters. The van der Waals surface area contributed by atoms with Crippen molar-refractivity contribution in [3.8, 4) is 0 Å². The van der Waals surface area contributed by atoms with E-state index in [-0.39, 0.29) is 0 Å². The SMILES string of the molecule is Cc1c(C(N)=O)ccc(C(N)=O)c1N1CCCC(CCN)C1. The number of piperidine rings is 1. The molecule has 6 heteroatoms. The molecule has 1 saturated heterocycles. The molecule has 22 heavy (non-hydrogen) atoms. The number of rotatable bonds is 5. The van der Waals surface area contributed by atoms with E-state index in [4.69, 9.17) is 17.2 Å². The summed E-state index contributed by atoms with van der Waals surface area (Å²) in [5.74, 6) is -0.489. The molecule has 2 rings (SSSR count). The number of nitrogens with zero attached hydrogens (tertiary/aromatic N) is 1. The lowest BCUT2D eigenvalue weighted by Crippen LogP contribution is -2.38. The van der Waals surface area contributed by atoms with Crippen molar-refractivity contribution < 1.29 is 9.59 Å². The highest BCUT2D eigenvalue weighted by Crippen LogP contribution is 2.32. The first kappa shape index (κ1) is 16.3. The number of primary amides is 2. The average Bonchev–Trinajstić information content (AvgIpc) is 2.46. The fourth-order valence-corrected chi connectivity index (χ4v) is 3.31. The van der Waals surface area contributed by atoms with Crippen LogP contribution in [0.3, 0.4) is 0 Å². The van der Waals surface area contributed by atoms with E-state index in [1.807, 2.05) is 6.92 Å². The first-order valence-corrected chi connectivity index (χ1v) is 7.64. The Morgan fingerprint density at radius 2 is 1.86 bits per heavy atom. The lowest BCUT2D eigenvalue weighted by atomic mass is 9.92. The number of carbonyl (C=O) groups is 2. The van der Waals surface area contributed by atoms with Crippen molar-refractivity contribution in [2.75, 3.05) is 24.5 Å². The van der Waals surface area contributed by atoms with Gasteiger partial charge in [-0.05, 0) is 56.3 Å². The van der Waals surface area contributed by atoms with Gasteiger partial charge in [0.1, 0.15) is 0 Å². The molecule has 0 aromatic heterocycles. The van der Waals surface area contributed by atoms with Crippen LogP contribution < -0.4 is 22.1 Å². The summed E-state index contributed by atoms with van der Waals surface area (Å²) in [7, 11) is 0. The van der Waals surface area contributed by atoms with E-state index in [0.717, 1.165) is 43.6 Å². The van der Waals surface area contributed by atoms with Gasteiger partial charge in [-0.15, -0.1) is 0 Å². The molecule has 1 aliphatic heterocycles. The van der Waals surface area contributed by atoms with E-state index in [2.05, 4.69) is 4.90 Å². The molecule has 1 fully saturated rings. The van der Waals surface area contributed by atoms with Gasteiger partial charge in [-0.1, -0.05) is 0 Å². The van der Waals surface area contributed by atoms with Crippen molar-refractivity contribution in [2.24, 2.45) is 23.1 Å². The van der Waals surface area contributed by atoms with Gasteiger partial charge in [-0.3, -0.25) is 9.59 Å². The standard InChI is InChI=1S/C16H24N4O2/c1-10-12(15(18)21)4-5-13(16(19)22)14(10)20-8-2-3-11(9-20)6-7-17/h4-5,11H,2-3,6-9,17H2,1H3,(H2,18,21)(H2,19,22). The maximum atomic E-state index is 11.8. The van der Waals surface area contributed by atoms with Crippen molar-refractivity contribution in [1.29, 1.82) is 0 Å². The Balaban J connectivity index is 2.44. The normalized spacial score (nSPS) is 18.3. The van der Waals surface area contributed by atoms with Crippen molar-refractivity contribution >= 4 is 17.5 Å². The van der Waals surface area contributed by atoms with Crippen LogP contribution in [-0.4, -0.2) is 31.4 Å². The van der Waals surface area contributed by atoms with Crippen molar-refractivity contribution in [3.63, 3.8) is 0 Å². The van der Waals surface area contributed by atoms with Gasteiger partial charge in [0.15, 0.2) is 0 Å². The first-order chi connectivity index (χ1) is 10.5. The predicted molar refractivity (Wildman–Crippen MR) is 86.8 cm³/mol. The maximum absolute atomic E-state index is 11.8. The summed E-state index contributed by atoms with van der Waals surface area (Å²) in [6.07, 6.45) is 3.12. The third-order valence-corrected chi connectivity index (χ3v) is 4.37. The molecule has 1 unspecified atom stereocenters. The van der Waals surface area contributed by atoms with Crippen molar-refractivity contribution in [3.05, 3.63) is 28.8 Å². The van der Waals surface area contributed by atoms with Gasteiger partial charge < -0.3 is 22.1 Å². The lowest BCUT2D eigenvalue weighted by Gasteiger charge is -2.36. The molecule has 120 valence electrons. The summed E-state index contributed by atoms with van der Waals surface area (Å²) >= 11 is 0. The highest BCUT2D eigenvalue weighted by atomic mass is 16.1. The van der Waals surface area contributed by atoms with Gasteiger partial charge in [0.25, 0.3) is 5.91 Å². The monoisotopic (exact) mass is 304 g/mol. The molecule has 0 radical (unpaired) electrons. The molecule has 0 spiro atoms. The molecule has 0 bridgehead atoms. The summed E-state index contributed by atoms with van der Waals surface area (Å²) in [6.45, 7) is 4.13. The summed E-state index contributed by atoms with van der Waals surface area (Å²) < 4.78 is 0. The molecule has 2 amide bonds. The Labute approximate surface area is 130 Å². The minimum atomic E-state index is -0.495. The van der Waals surface area contributed by atoms with Crippen molar-refractivity contribution in [2.45, 2.75) is 26.2 Å². The molecule has 0 aliphatic carbocycles. The van der Waals surface area contributed by atoms with Gasteiger partial charge in [-0.25, -0.2) is 0 Å². The van der Waals surface area contributed by atoms with Crippen LogP contribution in [0, 0.1) is 12.8 Å². The minimum absolute atomic E-state index is 0.431. The van der Waals surface area contributed by atoms with E-state index in [1.165, 1.54) is 0 Å². The first-order valence-electron chi connectivity index (χ1n) is 7.64. The summed E-state index contributed by atoms with van der Waals surface area (Å²) in [6, 6.07) is 3.17. The third kappa shape index (κ3) is 3.22. The van der Waals surface area contributed by atoms with E-state index in [9.17, 15) is 9.59 Å². The van der Waals surface area contributed by atoms with E-state index < -0.39 is 11.8 Å².